The average Bonchev–Trinajstić information content (AvgIpc) is 2.54. The predicted octanol–water partition coefficient (Wildman–Crippen LogP) is 3.49. The third kappa shape index (κ3) is 1.58. The van der Waals surface area contributed by atoms with Gasteiger partial charge in [0.1, 0.15) is 6.07 Å². The van der Waals surface area contributed by atoms with Gasteiger partial charge in [-0.15, -0.1) is 0 Å². The quantitative estimate of drug-likeness (QED) is 0.755. The molecule has 0 aromatic heterocycles. The summed E-state index contributed by atoms with van der Waals surface area (Å²) in [7, 11) is 0. The first kappa shape index (κ1) is 13.1. The maximum atomic E-state index is 11.6. The zero-order chi connectivity index (χ0) is 15.3. The molecule has 0 fully saturated rings. The van der Waals surface area contributed by atoms with Crippen LogP contribution in [0, 0.1) is 11.3 Å². The SMILES string of the molecule is CC(=O)OC1(C#N)CC2c3ccccc3C1c1ccccc12. The van der Waals surface area contributed by atoms with E-state index in [0.29, 0.717) is 6.42 Å². The third-order valence-corrected chi connectivity index (χ3v) is 4.85. The summed E-state index contributed by atoms with van der Waals surface area (Å²) >= 11 is 0. The van der Waals surface area contributed by atoms with E-state index in [1.54, 1.807) is 0 Å². The van der Waals surface area contributed by atoms with Gasteiger partial charge >= 0.3 is 5.97 Å². The molecule has 2 bridgehead atoms. The highest BCUT2D eigenvalue weighted by molar-refractivity contribution is 5.69. The number of nitrogens with zero attached hydrogens (tertiary/aromatic N) is 1. The fourth-order valence-electron chi connectivity index (χ4n) is 4.15. The van der Waals surface area contributed by atoms with Crippen LogP contribution in [0.4, 0.5) is 0 Å². The monoisotopic (exact) mass is 289 g/mol. The second-order valence-corrected chi connectivity index (χ2v) is 6.04. The van der Waals surface area contributed by atoms with E-state index in [-0.39, 0.29) is 11.8 Å². The molecule has 1 atom stereocenters. The van der Waals surface area contributed by atoms with Crippen molar-refractivity contribution in [2.24, 2.45) is 0 Å². The predicted molar refractivity (Wildman–Crippen MR) is 81.3 cm³/mol. The molecule has 0 saturated heterocycles. The van der Waals surface area contributed by atoms with Crippen molar-refractivity contribution in [3.63, 3.8) is 0 Å². The molecule has 0 radical (unpaired) electrons. The Balaban J connectivity index is 2.00. The van der Waals surface area contributed by atoms with Crippen molar-refractivity contribution in [3.05, 3.63) is 70.8 Å². The number of carbonyl (C=O) groups excluding carboxylic acids is 1. The summed E-state index contributed by atoms with van der Waals surface area (Å²) in [6.07, 6.45) is 0.530. The second-order valence-electron chi connectivity index (χ2n) is 6.04. The number of esters is 1. The molecule has 22 heavy (non-hydrogen) atoms. The Kier molecular flexibility index (Phi) is 2.65. The van der Waals surface area contributed by atoms with Gasteiger partial charge in [-0.2, -0.15) is 5.26 Å². The normalized spacial score (nSPS) is 27.5. The number of hydrogen-bond donors (Lipinski definition) is 0. The van der Waals surface area contributed by atoms with Gasteiger partial charge in [-0.3, -0.25) is 4.79 Å². The van der Waals surface area contributed by atoms with Gasteiger partial charge < -0.3 is 4.74 Å². The Morgan fingerprint density at radius 3 is 2.05 bits per heavy atom. The van der Waals surface area contributed by atoms with Crippen LogP contribution in [0.15, 0.2) is 48.5 Å². The first-order valence-corrected chi connectivity index (χ1v) is 7.45. The molecule has 3 aliphatic rings. The van der Waals surface area contributed by atoms with Crippen LogP contribution in [0.1, 0.15) is 47.4 Å². The van der Waals surface area contributed by atoms with Crippen LogP contribution in [0.3, 0.4) is 0 Å². The van der Waals surface area contributed by atoms with E-state index >= 15 is 0 Å². The molecule has 3 heteroatoms. The molecular formula is C19H15NO2. The topological polar surface area (TPSA) is 50.1 Å². The molecule has 0 N–H and O–H groups in total. The second kappa shape index (κ2) is 4.45. The molecule has 108 valence electrons. The maximum Gasteiger partial charge on any atom is 0.304 e. The molecule has 0 amide bonds. The van der Waals surface area contributed by atoms with E-state index in [1.165, 1.54) is 18.1 Å². The maximum absolute atomic E-state index is 11.6. The van der Waals surface area contributed by atoms with Gasteiger partial charge in [0.2, 0.25) is 5.60 Å². The van der Waals surface area contributed by atoms with Gasteiger partial charge in [0.15, 0.2) is 0 Å². The molecule has 0 aliphatic heterocycles. The zero-order valence-electron chi connectivity index (χ0n) is 12.2. The van der Waals surface area contributed by atoms with Crippen LogP contribution in [0.25, 0.3) is 0 Å². The van der Waals surface area contributed by atoms with Crippen LogP contribution in [-0.2, 0) is 9.53 Å². The molecule has 3 nitrogen and oxygen atoms in total. The number of ether oxygens (including phenoxy) is 1. The molecule has 0 spiro atoms. The summed E-state index contributed by atoms with van der Waals surface area (Å²) < 4.78 is 5.58. The fourth-order valence-corrected chi connectivity index (χ4v) is 4.15. The van der Waals surface area contributed by atoms with E-state index < -0.39 is 11.6 Å². The molecule has 5 rings (SSSR count). The number of rotatable bonds is 1. The van der Waals surface area contributed by atoms with Crippen molar-refractivity contribution in [2.75, 3.05) is 0 Å². The summed E-state index contributed by atoms with van der Waals surface area (Å²) in [5.41, 5.74) is 3.63. The highest BCUT2D eigenvalue weighted by Gasteiger charge is 2.55. The van der Waals surface area contributed by atoms with E-state index in [0.717, 1.165) is 11.1 Å². The Morgan fingerprint density at radius 1 is 1.09 bits per heavy atom. The highest BCUT2D eigenvalue weighted by Crippen LogP contribution is 2.58. The zero-order valence-corrected chi connectivity index (χ0v) is 12.2. The summed E-state index contributed by atoms with van der Waals surface area (Å²) in [5, 5.41) is 9.84. The lowest BCUT2D eigenvalue weighted by Gasteiger charge is -2.48. The minimum Gasteiger partial charge on any atom is -0.443 e. The summed E-state index contributed by atoms with van der Waals surface area (Å²) in [5.74, 6) is -0.501. The molecule has 3 aliphatic carbocycles. The average molecular weight is 289 g/mol. The Bertz CT molecular complexity index is 773. The minimum absolute atomic E-state index is 0.108. The van der Waals surface area contributed by atoms with Crippen LogP contribution < -0.4 is 0 Å². The largest absolute Gasteiger partial charge is 0.443 e. The van der Waals surface area contributed by atoms with Gasteiger partial charge in [0.05, 0.1) is 5.92 Å². The van der Waals surface area contributed by atoms with Crippen LogP contribution in [0.5, 0.6) is 0 Å². The standard InChI is InChI=1S/C19H15NO2/c1-12(21)22-19(11-20)10-17-13-6-2-4-8-15(13)18(19)16-9-5-3-7-14(16)17/h2-9,17-18H,10H2,1H3. The van der Waals surface area contributed by atoms with Gasteiger partial charge in [-0.1, -0.05) is 48.5 Å². The van der Waals surface area contributed by atoms with Crippen LogP contribution in [0.2, 0.25) is 0 Å². The molecule has 1 unspecified atom stereocenters. The van der Waals surface area contributed by atoms with Gasteiger partial charge in [-0.25, -0.2) is 0 Å². The van der Waals surface area contributed by atoms with Crippen LogP contribution in [-0.4, -0.2) is 11.6 Å². The molecule has 2 aromatic rings. The van der Waals surface area contributed by atoms with Crippen molar-refractivity contribution in [1.82, 2.24) is 0 Å². The van der Waals surface area contributed by atoms with E-state index in [4.69, 9.17) is 4.74 Å². The van der Waals surface area contributed by atoms with Crippen LogP contribution >= 0.6 is 0 Å². The Morgan fingerprint density at radius 2 is 1.59 bits per heavy atom. The first-order chi connectivity index (χ1) is 10.7. The number of benzene rings is 2. The first-order valence-electron chi connectivity index (χ1n) is 7.45. The Labute approximate surface area is 129 Å². The summed E-state index contributed by atoms with van der Waals surface area (Å²) in [6, 6.07) is 18.7. The minimum atomic E-state index is -1.10. The van der Waals surface area contributed by atoms with Crippen molar-refractivity contribution in [1.29, 1.82) is 5.26 Å². The van der Waals surface area contributed by atoms with E-state index in [1.807, 2.05) is 24.3 Å². The van der Waals surface area contributed by atoms with Crippen molar-refractivity contribution in [2.45, 2.75) is 30.8 Å². The molecular weight excluding hydrogens is 274 g/mol. The van der Waals surface area contributed by atoms with Crippen molar-refractivity contribution >= 4 is 5.97 Å². The van der Waals surface area contributed by atoms with Gasteiger partial charge in [0.25, 0.3) is 0 Å². The molecule has 0 saturated carbocycles. The highest BCUT2D eigenvalue weighted by atomic mass is 16.6. The molecule has 0 heterocycles. The lowest BCUT2D eigenvalue weighted by Crippen LogP contribution is -2.48. The van der Waals surface area contributed by atoms with E-state index in [9.17, 15) is 10.1 Å². The summed E-state index contributed by atoms with van der Waals surface area (Å²) in [4.78, 5) is 11.6. The Hall–Kier alpha value is -2.60. The van der Waals surface area contributed by atoms with E-state index in [2.05, 4.69) is 30.3 Å². The fraction of sp³-hybridized carbons (Fsp3) is 0.263. The summed E-state index contributed by atoms with van der Waals surface area (Å²) in [6.45, 7) is 1.37. The number of fused-ring (bicyclic) bond motifs is 1. The van der Waals surface area contributed by atoms with Crippen molar-refractivity contribution in [3.8, 4) is 6.07 Å². The number of hydrogen-bond acceptors (Lipinski definition) is 3. The number of nitriles is 1. The lowest BCUT2D eigenvalue weighted by atomic mass is 9.57. The molecule has 2 aromatic carbocycles. The lowest BCUT2D eigenvalue weighted by molar-refractivity contribution is -0.154. The smallest absolute Gasteiger partial charge is 0.304 e. The third-order valence-electron chi connectivity index (χ3n) is 4.85. The van der Waals surface area contributed by atoms with Crippen molar-refractivity contribution < 1.29 is 9.53 Å². The van der Waals surface area contributed by atoms with Gasteiger partial charge in [-0.05, 0) is 22.3 Å². The number of carbonyl (C=O) groups is 1. The van der Waals surface area contributed by atoms with Gasteiger partial charge in [0, 0.05) is 19.3 Å².